The number of alkyl carbamates (subject to hydrolysis) is 1. The van der Waals surface area contributed by atoms with E-state index in [1.54, 1.807) is 80.6 Å². The molecule has 0 spiro atoms. The van der Waals surface area contributed by atoms with E-state index in [1.165, 1.54) is 7.11 Å². The minimum absolute atomic E-state index is 0.0779. The van der Waals surface area contributed by atoms with Gasteiger partial charge < -0.3 is 30.2 Å². The second kappa shape index (κ2) is 14.4. The molecule has 2 aliphatic carbocycles. The van der Waals surface area contributed by atoms with E-state index in [1.807, 2.05) is 5.38 Å². The summed E-state index contributed by atoms with van der Waals surface area (Å²) in [7, 11) is 1.26. The highest BCUT2D eigenvalue weighted by atomic mass is 32.1. The third-order valence-electron chi connectivity index (χ3n) is 9.39. The van der Waals surface area contributed by atoms with Crippen LogP contribution in [0, 0.1) is 11.8 Å². The van der Waals surface area contributed by atoms with Gasteiger partial charge in [-0.2, -0.15) is 0 Å². The Morgan fingerprint density at radius 3 is 2.33 bits per heavy atom. The van der Waals surface area contributed by atoms with E-state index < -0.39 is 23.6 Å². The Morgan fingerprint density at radius 1 is 0.923 bits per heavy atom. The Morgan fingerprint density at radius 2 is 1.65 bits per heavy atom. The molecule has 2 saturated carbocycles. The quantitative estimate of drug-likeness (QED) is 0.144. The molecule has 2 aromatic heterocycles. The van der Waals surface area contributed by atoms with E-state index in [0.717, 1.165) is 47.3 Å². The third-order valence-corrected chi connectivity index (χ3v) is 10.4. The average molecular weight is 723 g/mol. The fourth-order valence-electron chi connectivity index (χ4n) is 6.53. The molecule has 0 unspecified atom stereocenters. The van der Waals surface area contributed by atoms with Crippen LogP contribution in [0.25, 0.3) is 21.6 Å². The van der Waals surface area contributed by atoms with Crippen molar-refractivity contribution in [3.63, 3.8) is 0 Å². The number of hydrogen-bond acceptors (Lipinski definition) is 9. The van der Waals surface area contributed by atoms with Crippen molar-refractivity contribution in [3.05, 3.63) is 88.1 Å². The van der Waals surface area contributed by atoms with Crippen molar-refractivity contribution in [2.75, 3.05) is 19.0 Å². The Balaban J connectivity index is 1.21. The summed E-state index contributed by atoms with van der Waals surface area (Å²) in [5.41, 5.74) is 3.69. The first-order valence-electron chi connectivity index (χ1n) is 17.6. The number of esters is 1. The van der Waals surface area contributed by atoms with Gasteiger partial charge in [-0.1, -0.05) is 12.1 Å². The number of carbonyl (C=O) groups is 4. The number of anilines is 1. The molecular formula is C40H42N4O7S. The van der Waals surface area contributed by atoms with Gasteiger partial charge in [-0.3, -0.25) is 9.59 Å². The Bertz CT molecular complexity index is 2010. The van der Waals surface area contributed by atoms with Gasteiger partial charge >= 0.3 is 12.1 Å². The van der Waals surface area contributed by atoms with Gasteiger partial charge in [-0.15, -0.1) is 11.3 Å². The van der Waals surface area contributed by atoms with Crippen molar-refractivity contribution in [1.82, 2.24) is 15.6 Å². The van der Waals surface area contributed by atoms with Crippen LogP contribution in [0.2, 0.25) is 0 Å². The lowest BCUT2D eigenvalue weighted by Crippen LogP contribution is -2.38. The number of benzene rings is 2. The van der Waals surface area contributed by atoms with Gasteiger partial charge in [0.05, 0.1) is 13.7 Å². The number of nitrogens with zero attached hydrogens (tertiary/aromatic N) is 1. The molecular weight excluding hydrogens is 681 g/mol. The summed E-state index contributed by atoms with van der Waals surface area (Å²) in [6.45, 7) is 6.09. The van der Waals surface area contributed by atoms with Gasteiger partial charge in [0.15, 0.2) is 5.69 Å². The smallest absolute Gasteiger partial charge is 0.407 e. The summed E-state index contributed by atoms with van der Waals surface area (Å²) >= 11 is 1.57. The van der Waals surface area contributed by atoms with Crippen LogP contribution in [0.4, 0.5) is 10.5 Å². The van der Waals surface area contributed by atoms with Gasteiger partial charge in [-0.05, 0) is 117 Å². The molecule has 3 amide bonds. The predicted molar refractivity (Wildman–Crippen MR) is 198 cm³/mol. The molecule has 0 atom stereocenters. The van der Waals surface area contributed by atoms with Crippen LogP contribution in [0.15, 0.2) is 60.0 Å². The van der Waals surface area contributed by atoms with Gasteiger partial charge in [0.2, 0.25) is 0 Å². The Kier molecular flexibility index (Phi) is 9.76. The lowest BCUT2D eigenvalue weighted by atomic mass is 9.93. The van der Waals surface area contributed by atoms with Crippen molar-refractivity contribution < 1.29 is 33.4 Å². The second-order valence-corrected chi connectivity index (χ2v) is 15.4. The molecule has 0 radical (unpaired) electrons. The van der Waals surface area contributed by atoms with Gasteiger partial charge in [0.1, 0.15) is 17.0 Å². The van der Waals surface area contributed by atoms with Crippen molar-refractivity contribution in [2.24, 2.45) is 11.8 Å². The van der Waals surface area contributed by atoms with Gasteiger partial charge in [0, 0.05) is 51.8 Å². The summed E-state index contributed by atoms with van der Waals surface area (Å²) in [5.74, 6) is 0.0662. The van der Waals surface area contributed by atoms with Crippen LogP contribution in [0.3, 0.4) is 0 Å². The summed E-state index contributed by atoms with van der Waals surface area (Å²) in [6, 6.07) is 16.1. The number of pyridine rings is 1. The maximum absolute atomic E-state index is 14.2. The van der Waals surface area contributed by atoms with Crippen molar-refractivity contribution in [2.45, 2.75) is 71.1 Å². The molecule has 0 bridgehead atoms. The number of thiophene rings is 1. The Hall–Kier alpha value is -5.23. The number of fused-ring (bicyclic) bond motifs is 3. The molecule has 11 nitrogen and oxygen atoms in total. The molecule has 3 heterocycles. The number of methoxy groups -OCH3 is 1. The maximum Gasteiger partial charge on any atom is 0.407 e. The number of amides is 3. The monoisotopic (exact) mass is 722 g/mol. The van der Waals surface area contributed by atoms with E-state index in [2.05, 4.69) is 27.0 Å². The van der Waals surface area contributed by atoms with Crippen LogP contribution < -0.4 is 20.7 Å². The van der Waals surface area contributed by atoms with Crippen LogP contribution in [-0.4, -0.2) is 54.2 Å². The molecule has 12 heteroatoms. The SMILES string of the molecule is COC(=O)c1nc(C(=O)NC(C2CC2)C2CC2)ccc1-c1cc2c(cc1C(=O)Nc1ccc(CNC(=O)OC(C)(C)C)cc1)-c1sccc1CCO2. The molecule has 52 heavy (non-hydrogen) atoms. The summed E-state index contributed by atoms with van der Waals surface area (Å²) in [5, 5.41) is 10.9. The van der Waals surface area contributed by atoms with E-state index in [4.69, 9.17) is 14.2 Å². The lowest BCUT2D eigenvalue weighted by Gasteiger charge is -2.19. The highest BCUT2D eigenvalue weighted by Crippen LogP contribution is 2.45. The van der Waals surface area contributed by atoms with Crippen LogP contribution in [0.5, 0.6) is 5.75 Å². The molecule has 1 aliphatic heterocycles. The van der Waals surface area contributed by atoms with Gasteiger partial charge in [0.25, 0.3) is 11.8 Å². The van der Waals surface area contributed by atoms with Crippen molar-refractivity contribution in [3.8, 4) is 27.3 Å². The van der Waals surface area contributed by atoms with E-state index in [-0.39, 0.29) is 35.4 Å². The fourth-order valence-corrected chi connectivity index (χ4v) is 7.51. The largest absolute Gasteiger partial charge is 0.493 e. The van der Waals surface area contributed by atoms with Crippen LogP contribution in [0.1, 0.15) is 88.9 Å². The van der Waals surface area contributed by atoms with Crippen LogP contribution >= 0.6 is 11.3 Å². The normalized spacial score (nSPS) is 15.0. The standard InChI is InChI=1S/C40H42N4O7S/c1-40(2,3)51-39(48)41-21-22-5-11-26(12-6-22)42-36(45)29-19-30-32(50-17-15-25-16-18-52-35(25)30)20-28(29)27-13-14-31(43-34(27)38(47)49-4)37(46)44-33(23-7-8-23)24-9-10-24/h5-6,11-14,16,18-20,23-24,33H,7-10,15,17,21H2,1-4H3,(H,41,48)(H,42,45)(H,44,46). The molecule has 2 fully saturated rings. The zero-order valence-corrected chi connectivity index (χ0v) is 30.5. The van der Waals surface area contributed by atoms with Crippen LogP contribution in [-0.2, 0) is 22.4 Å². The molecule has 0 saturated heterocycles. The summed E-state index contributed by atoms with van der Waals surface area (Å²) in [4.78, 5) is 58.6. The van der Waals surface area contributed by atoms with Crippen molar-refractivity contribution >= 4 is 40.9 Å². The maximum atomic E-state index is 14.2. The molecule has 3 N–H and O–H groups in total. The van der Waals surface area contributed by atoms with E-state index in [0.29, 0.717) is 47.4 Å². The van der Waals surface area contributed by atoms with E-state index in [9.17, 15) is 19.2 Å². The molecule has 7 rings (SSSR count). The fraction of sp³-hybridized carbons (Fsp3) is 0.375. The van der Waals surface area contributed by atoms with Crippen molar-refractivity contribution in [1.29, 1.82) is 0 Å². The summed E-state index contributed by atoms with van der Waals surface area (Å²) in [6.07, 6.45) is 4.61. The zero-order chi connectivity index (χ0) is 36.6. The number of rotatable bonds is 10. The molecule has 3 aliphatic rings. The highest BCUT2D eigenvalue weighted by Gasteiger charge is 2.42. The highest BCUT2D eigenvalue weighted by molar-refractivity contribution is 7.13. The first kappa shape index (κ1) is 35.2. The number of carbonyl (C=O) groups excluding carboxylic acids is 4. The Labute approximate surface area is 306 Å². The first-order valence-corrected chi connectivity index (χ1v) is 18.5. The average Bonchev–Trinajstić information content (AvgIpc) is 4.07. The molecule has 4 aromatic rings. The lowest BCUT2D eigenvalue weighted by molar-refractivity contribution is 0.0522. The minimum atomic E-state index is -0.732. The zero-order valence-electron chi connectivity index (χ0n) is 29.7. The molecule has 270 valence electrons. The predicted octanol–water partition coefficient (Wildman–Crippen LogP) is 7.39. The second-order valence-electron chi connectivity index (χ2n) is 14.5. The number of hydrogen-bond donors (Lipinski definition) is 3. The summed E-state index contributed by atoms with van der Waals surface area (Å²) < 4.78 is 16.7. The number of aromatic nitrogens is 1. The molecule has 2 aromatic carbocycles. The topological polar surface area (TPSA) is 145 Å². The van der Waals surface area contributed by atoms with E-state index >= 15 is 0 Å². The number of ether oxygens (including phenoxy) is 3. The minimum Gasteiger partial charge on any atom is -0.493 e. The third kappa shape index (κ3) is 7.97. The van der Waals surface area contributed by atoms with Gasteiger partial charge in [-0.25, -0.2) is 14.6 Å². The first-order chi connectivity index (χ1) is 25.0. The number of nitrogens with one attached hydrogen (secondary N) is 3.